The average Bonchev–Trinajstić information content (AvgIpc) is 3.00. The van der Waals surface area contributed by atoms with Gasteiger partial charge in [-0.2, -0.15) is 11.3 Å². The van der Waals surface area contributed by atoms with Crippen molar-refractivity contribution in [2.45, 2.75) is 13.0 Å². The Morgan fingerprint density at radius 3 is 3.14 bits per heavy atom. The highest BCUT2D eigenvalue weighted by Crippen LogP contribution is 2.21. The number of carbonyl (C=O) groups excluding carboxylic acids is 1. The molecule has 0 bridgehead atoms. The van der Waals surface area contributed by atoms with Gasteiger partial charge in [0.2, 0.25) is 0 Å². The van der Waals surface area contributed by atoms with Gasteiger partial charge in [0.05, 0.1) is 24.4 Å². The molecule has 0 aliphatic carbocycles. The van der Waals surface area contributed by atoms with Crippen molar-refractivity contribution >= 4 is 17.2 Å². The molecule has 2 aromatic rings. The standard InChI is InChI=1S/C14H15N3O3S/c1-9-15-11(6-13(18)16-9)12-7-17(3-4-20-12)14(19)10-2-5-21-8-10/h2,5-6,8,12H,3-4,7H2,1H3,(H,15,16,18). The monoisotopic (exact) mass is 305 g/mol. The average molecular weight is 305 g/mol. The van der Waals surface area contributed by atoms with Crippen molar-refractivity contribution in [1.29, 1.82) is 0 Å². The zero-order valence-electron chi connectivity index (χ0n) is 11.5. The summed E-state index contributed by atoms with van der Waals surface area (Å²) in [6.07, 6.45) is -0.359. The van der Waals surface area contributed by atoms with Gasteiger partial charge in [0.15, 0.2) is 0 Å². The first-order valence-corrected chi connectivity index (χ1v) is 7.59. The molecule has 6 nitrogen and oxygen atoms in total. The highest BCUT2D eigenvalue weighted by molar-refractivity contribution is 7.08. The summed E-state index contributed by atoms with van der Waals surface area (Å²) in [5.74, 6) is 0.536. The third-order valence-corrected chi connectivity index (χ3v) is 4.01. The summed E-state index contributed by atoms with van der Waals surface area (Å²) >= 11 is 1.50. The first kappa shape index (κ1) is 14.0. The fraction of sp³-hybridized carbons (Fsp3) is 0.357. The lowest BCUT2D eigenvalue weighted by Gasteiger charge is -2.32. The number of morpholine rings is 1. The molecule has 1 unspecified atom stereocenters. The van der Waals surface area contributed by atoms with Gasteiger partial charge in [-0.25, -0.2) is 4.98 Å². The molecule has 1 amide bonds. The molecular formula is C14H15N3O3S. The van der Waals surface area contributed by atoms with Gasteiger partial charge in [-0.05, 0) is 18.4 Å². The molecule has 0 aromatic carbocycles. The van der Waals surface area contributed by atoms with Crippen molar-refractivity contribution in [3.8, 4) is 0 Å². The summed E-state index contributed by atoms with van der Waals surface area (Å²) in [7, 11) is 0. The Hall–Kier alpha value is -1.99. The summed E-state index contributed by atoms with van der Waals surface area (Å²) in [6, 6.07) is 3.24. The van der Waals surface area contributed by atoms with E-state index < -0.39 is 0 Å². The maximum atomic E-state index is 12.4. The number of nitrogens with one attached hydrogen (secondary N) is 1. The minimum Gasteiger partial charge on any atom is -0.368 e. The highest BCUT2D eigenvalue weighted by atomic mass is 32.1. The molecule has 3 heterocycles. The van der Waals surface area contributed by atoms with E-state index in [1.807, 2.05) is 16.8 Å². The number of aromatic amines is 1. The Bertz CT molecular complexity index is 696. The van der Waals surface area contributed by atoms with Gasteiger partial charge in [0.25, 0.3) is 11.5 Å². The van der Waals surface area contributed by atoms with E-state index in [1.165, 1.54) is 17.4 Å². The van der Waals surface area contributed by atoms with Crippen LogP contribution < -0.4 is 5.56 Å². The maximum absolute atomic E-state index is 12.4. The molecule has 1 saturated heterocycles. The molecule has 1 aliphatic rings. The van der Waals surface area contributed by atoms with Crippen LogP contribution in [-0.4, -0.2) is 40.5 Å². The SMILES string of the molecule is Cc1nc(C2CN(C(=O)c3ccsc3)CCO2)cc(=O)[nH]1. The Labute approximate surface area is 125 Å². The fourth-order valence-corrected chi connectivity index (χ4v) is 2.98. The topological polar surface area (TPSA) is 75.3 Å². The van der Waals surface area contributed by atoms with Crippen molar-refractivity contribution in [2.75, 3.05) is 19.7 Å². The molecule has 1 N–H and O–H groups in total. The third-order valence-electron chi connectivity index (χ3n) is 3.33. The van der Waals surface area contributed by atoms with Crippen LogP contribution in [0.1, 0.15) is 28.0 Å². The van der Waals surface area contributed by atoms with Crippen LogP contribution in [0.4, 0.5) is 0 Å². The normalized spacial score (nSPS) is 18.7. The molecule has 110 valence electrons. The van der Waals surface area contributed by atoms with Crippen molar-refractivity contribution in [2.24, 2.45) is 0 Å². The molecule has 1 fully saturated rings. The molecule has 3 rings (SSSR count). The minimum absolute atomic E-state index is 0.00823. The second-order valence-corrected chi connectivity index (χ2v) is 5.66. The van der Waals surface area contributed by atoms with Gasteiger partial charge >= 0.3 is 0 Å². The van der Waals surface area contributed by atoms with E-state index in [-0.39, 0.29) is 17.6 Å². The highest BCUT2D eigenvalue weighted by Gasteiger charge is 2.27. The summed E-state index contributed by atoms with van der Waals surface area (Å²) in [4.78, 5) is 32.5. The molecule has 0 spiro atoms. The lowest BCUT2D eigenvalue weighted by atomic mass is 10.1. The van der Waals surface area contributed by atoms with Crippen LogP contribution in [0.2, 0.25) is 0 Å². The van der Waals surface area contributed by atoms with E-state index in [0.717, 1.165) is 0 Å². The smallest absolute Gasteiger partial charge is 0.254 e. The molecule has 21 heavy (non-hydrogen) atoms. The third kappa shape index (κ3) is 3.03. The lowest BCUT2D eigenvalue weighted by Crippen LogP contribution is -2.42. The second kappa shape index (κ2) is 5.79. The van der Waals surface area contributed by atoms with E-state index in [9.17, 15) is 9.59 Å². The number of thiophene rings is 1. The number of carbonyl (C=O) groups is 1. The molecule has 0 saturated carbocycles. The van der Waals surface area contributed by atoms with Crippen molar-refractivity contribution in [3.05, 3.63) is 50.3 Å². The summed E-state index contributed by atoms with van der Waals surface area (Å²) < 4.78 is 5.67. The zero-order valence-corrected chi connectivity index (χ0v) is 12.4. The van der Waals surface area contributed by atoms with Crippen LogP contribution in [0.3, 0.4) is 0 Å². The van der Waals surface area contributed by atoms with Gasteiger partial charge in [-0.1, -0.05) is 0 Å². The summed E-state index contributed by atoms with van der Waals surface area (Å²) in [5, 5.41) is 3.72. The van der Waals surface area contributed by atoms with Gasteiger partial charge in [0, 0.05) is 18.0 Å². The number of rotatable bonds is 2. The molecule has 7 heteroatoms. The summed E-state index contributed by atoms with van der Waals surface area (Å²) in [6.45, 7) is 3.12. The van der Waals surface area contributed by atoms with Crippen LogP contribution in [0, 0.1) is 6.92 Å². The Balaban J connectivity index is 1.79. The largest absolute Gasteiger partial charge is 0.368 e. The van der Waals surface area contributed by atoms with E-state index in [0.29, 0.717) is 36.8 Å². The van der Waals surface area contributed by atoms with Crippen LogP contribution in [0.25, 0.3) is 0 Å². The Morgan fingerprint density at radius 2 is 2.43 bits per heavy atom. The van der Waals surface area contributed by atoms with Gasteiger partial charge in [-0.3, -0.25) is 9.59 Å². The van der Waals surface area contributed by atoms with Gasteiger partial charge < -0.3 is 14.6 Å². The molecule has 1 atom stereocenters. The molecule has 0 radical (unpaired) electrons. The van der Waals surface area contributed by atoms with E-state index in [1.54, 1.807) is 11.8 Å². The predicted octanol–water partition coefficient (Wildman–Crippen LogP) is 1.35. The van der Waals surface area contributed by atoms with Gasteiger partial charge in [0.1, 0.15) is 11.9 Å². The first-order chi connectivity index (χ1) is 10.1. The number of aromatic nitrogens is 2. The van der Waals surface area contributed by atoms with E-state index in [4.69, 9.17) is 4.74 Å². The molecular weight excluding hydrogens is 290 g/mol. The van der Waals surface area contributed by atoms with Crippen molar-refractivity contribution in [1.82, 2.24) is 14.9 Å². The lowest BCUT2D eigenvalue weighted by molar-refractivity contribution is -0.0248. The number of amides is 1. The van der Waals surface area contributed by atoms with Crippen LogP contribution >= 0.6 is 11.3 Å². The second-order valence-electron chi connectivity index (χ2n) is 4.88. The Morgan fingerprint density at radius 1 is 1.57 bits per heavy atom. The zero-order chi connectivity index (χ0) is 14.8. The number of hydrogen-bond donors (Lipinski definition) is 1. The van der Waals surface area contributed by atoms with E-state index in [2.05, 4.69) is 9.97 Å². The Kier molecular flexibility index (Phi) is 3.85. The predicted molar refractivity (Wildman–Crippen MR) is 78.5 cm³/mol. The minimum atomic E-state index is -0.359. The number of hydrogen-bond acceptors (Lipinski definition) is 5. The number of nitrogens with zero attached hydrogens (tertiary/aromatic N) is 2. The first-order valence-electron chi connectivity index (χ1n) is 6.64. The van der Waals surface area contributed by atoms with Crippen molar-refractivity contribution < 1.29 is 9.53 Å². The quantitative estimate of drug-likeness (QED) is 0.909. The van der Waals surface area contributed by atoms with Crippen LogP contribution in [-0.2, 0) is 4.74 Å². The van der Waals surface area contributed by atoms with Crippen LogP contribution in [0.15, 0.2) is 27.7 Å². The van der Waals surface area contributed by atoms with Gasteiger partial charge in [-0.15, -0.1) is 0 Å². The molecule has 1 aliphatic heterocycles. The number of H-pyrrole nitrogens is 1. The number of aryl methyl sites for hydroxylation is 1. The fourth-order valence-electron chi connectivity index (χ4n) is 2.35. The molecule has 2 aromatic heterocycles. The number of ether oxygens (including phenoxy) is 1. The van der Waals surface area contributed by atoms with Crippen molar-refractivity contribution in [3.63, 3.8) is 0 Å². The maximum Gasteiger partial charge on any atom is 0.254 e. The van der Waals surface area contributed by atoms with Crippen LogP contribution in [0.5, 0.6) is 0 Å². The summed E-state index contributed by atoms with van der Waals surface area (Å²) in [5.41, 5.74) is 1.05. The van der Waals surface area contributed by atoms with E-state index >= 15 is 0 Å².